The lowest BCUT2D eigenvalue weighted by atomic mass is 9.91. The van der Waals surface area contributed by atoms with Crippen molar-refractivity contribution in [3.63, 3.8) is 0 Å². The zero-order chi connectivity index (χ0) is 28.9. The lowest BCUT2D eigenvalue weighted by Crippen LogP contribution is -2.75. The van der Waals surface area contributed by atoms with Crippen molar-refractivity contribution in [3.05, 3.63) is 0 Å². The summed E-state index contributed by atoms with van der Waals surface area (Å²) in [6.07, 6.45) is -8.49. The summed E-state index contributed by atoms with van der Waals surface area (Å²) in [5.41, 5.74) is 0. The van der Waals surface area contributed by atoms with Crippen LogP contribution in [0.5, 0.6) is 0 Å². The molecule has 212 valence electrons. The van der Waals surface area contributed by atoms with Gasteiger partial charge in [-0.1, -0.05) is 0 Å². The molecule has 0 aliphatic heterocycles. The van der Waals surface area contributed by atoms with Crippen LogP contribution in [-0.2, 0) is 10.0 Å². The topological polar surface area (TPSA) is 37.4 Å². The number of rotatable bonds is 12. The summed E-state index contributed by atoms with van der Waals surface area (Å²) in [5, 5.41) is -7.51. The highest BCUT2D eigenvalue weighted by atomic mass is 32.2. The normalized spacial score (nSPS) is 16.2. The number of sulfonamides is 1. The van der Waals surface area contributed by atoms with E-state index in [2.05, 4.69) is 12.6 Å². The van der Waals surface area contributed by atoms with E-state index in [9.17, 15) is 83.1 Å². The molecule has 0 fully saturated rings. The minimum absolute atomic E-state index is 0.000759. The van der Waals surface area contributed by atoms with Gasteiger partial charge in [0.25, 0.3) is 10.0 Å². The summed E-state index contributed by atoms with van der Waals surface area (Å²) in [5.74, 6) is -51.6. The van der Waals surface area contributed by atoms with E-state index in [1.807, 2.05) is 0 Å². The van der Waals surface area contributed by atoms with Gasteiger partial charge >= 0.3 is 47.0 Å². The second-order valence-electron chi connectivity index (χ2n) is 6.72. The molecule has 22 heteroatoms. The van der Waals surface area contributed by atoms with Crippen LogP contribution in [-0.4, -0.2) is 79.0 Å². The lowest BCUT2D eigenvalue weighted by molar-refractivity contribution is -0.458. The van der Waals surface area contributed by atoms with Crippen LogP contribution < -0.4 is 0 Å². The Labute approximate surface area is 190 Å². The van der Waals surface area contributed by atoms with Gasteiger partial charge in [0.05, 0.1) is 0 Å². The molecule has 0 saturated carbocycles. The summed E-state index contributed by atoms with van der Waals surface area (Å²) < 4.78 is 247. The third-order valence-electron chi connectivity index (χ3n) is 4.31. The first-order valence-electron chi connectivity index (χ1n) is 8.26. The molecule has 0 rings (SSSR count). The predicted octanol–water partition coefficient (Wildman–Crippen LogP) is 5.92. The molecule has 0 aliphatic carbocycles. The summed E-state index contributed by atoms with van der Waals surface area (Å²) in [4.78, 5) is 0. The fourth-order valence-corrected chi connectivity index (χ4v) is 3.51. The molecule has 35 heavy (non-hydrogen) atoms. The Kier molecular flexibility index (Phi) is 9.18. The van der Waals surface area contributed by atoms with E-state index in [0.717, 1.165) is 0 Å². The number of nitrogens with zero attached hydrogens (tertiary/aromatic N) is 1. The number of thiol groups is 1. The van der Waals surface area contributed by atoms with Gasteiger partial charge in [-0.05, 0) is 18.6 Å². The maximum Gasteiger partial charge on any atom is 0.460 e. The second-order valence-corrected chi connectivity index (χ2v) is 9.25. The van der Waals surface area contributed by atoms with E-state index in [0.29, 0.717) is 0 Å². The molecule has 0 aromatic heterocycles. The highest BCUT2D eigenvalue weighted by Gasteiger charge is 2.96. The van der Waals surface area contributed by atoms with Crippen LogP contribution in [0.25, 0.3) is 0 Å². The van der Waals surface area contributed by atoms with Gasteiger partial charge in [-0.3, -0.25) is 0 Å². The molecule has 0 unspecified atom stereocenters. The molecular formula is C13H12F17NO2S2. The Morgan fingerprint density at radius 3 is 1.20 bits per heavy atom. The van der Waals surface area contributed by atoms with Gasteiger partial charge in [0, 0.05) is 13.6 Å². The fraction of sp³-hybridized carbons (Fsp3) is 1.00. The van der Waals surface area contributed by atoms with Crippen LogP contribution in [0, 0.1) is 0 Å². The predicted molar refractivity (Wildman–Crippen MR) is 85.3 cm³/mol. The SMILES string of the molecule is CN(CCCCS)S(=O)(=O)C(F)(F)C(F)(F)C(F)(F)C(F)(F)C(F)(F)C(F)(F)C(F)(F)C(F)(F)F. The zero-order valence-electron chi connectivity index (χ0n) is 16.4. The summed E-state index contributed by atoms with van der Waals surface area (Å²) in [6, 6.07) is 0. The summed E-state index contributed by atoms with van der Waals surface area (Å²) in [7, 11) is -7.20. The number of hydrogen-bond donors (Lipinski definition) is 1. The van der Waals surface area contributed by atoms with Crippen LogP contribution >= 0.6 is 12.6 Å². The fourth-order valence-electron chi connectivity index (χ4n) is 2.07. The molecule has 0 heterocycles. The molecular weight excluding hydrogens is 589 g/mol. The quantitative estimate of drug-likeness (QED) is 0.171. The average molecular weight is 601 g/mol. The summed E-state index contributed by atoms with van der Waals surface area (Å²) in [6.45, 7) is -1.21. The Hall–Kier alpha value is -0.930. The van der Waals surface area contributed by atoms with Gasteiger partial charge in [-0.15, -0.1) is 0 Å². The van der Waals surface area contributed by atoms with E-state index in [1.54, 1.807) is 0 Å². The van der Waals surface area contributed by atoms with Crippen molar-refractivity contribution in [2.45, 2.75) is 59.8 Å². The van der Waals surface area contributed by atoms with Crippen LogP contribution in [0.1, 0.15) is 12.8 Å². The first-order valence-corrected chi connectivity index (χ1v) is 10.3. The first kappa shape index (κ1) is 34.1. The van der Waals surface area contributed by atoms with Gasteiger partial charge < -0.3 is 0 Å². The van der Waals surface area contributed by atoms with Crippen LogP contribution in [0.4, 0.5) is 74.6 Å². The third kappa shape index (κ3) is 4.74. The van der Waals surface area contributed by atoms with E-state index in [4.69, 9.17) is 0 Å². The standard InChI is InChI=1S/C13H12F17NO2S2/c1-31(4-2-3-5-34)35(32,33)13(29,30)11(24,25)9(20,21)7(16,17)6(14,15)8(18,19)10(22,23)12(26,27)28/h34H,2-5H2,1H3. The first-order chi connectivity index (χ1) is 15.0. The number of halogens is 17. The van der Waals surface area contributed by atoms with Crippen molar-refractivity contribution in [1.29, 1.82) is 0 Å². The maximum atomic E-state index is 13.9. The Bertz CT molecular complexity index is 853. The Morgan fingerprint density at radius 1 is 0.571 bits per heavy atom. The van der Waals surface area contributed by atoms with Crippen molar-refractivity contribution < 1.29 is 83.1 Å². The molecule has 3 nitrogen and oxygen atoms in total. The molecule has 0 aliphatic rings. The highest BCUT2D eigenvalue weighted by molar-refractivity contribution is 7.90. The van der Waals surface area contributed by atoms with Gasteiger partial charge in [-0.2, -0.15) is 91.6 Å². The van der Waals surface area contributed by atoms with Crippen LogP contribution in [0.2, 0.25) is 0 Å². The minimum Gasteiger partial charge on any atom is -0.206 e. The van der Waals surface area contributed by atoms with Gasteiger partial charge in [0.1, 0.15) is 0 Å². The molecule has 0 bridgehead atoms. The zero-order valence-corrected chi connectivity index (χ0v) is 18.1. The van der Waals surface area contributed by atoms with Gasteiger partial charge in [0.2, 0.25) is 0 Å². The van der Waals surface area contributed by atoms with Crippen LogP contribution in [0.15, 0.2) is 0 Å². The average Bonchev–Trinajstić information content (AvgIpc) is 2.65. The molecule has 0 N–H and O–H groups in total. The van der Waals surface area contributed by atoms with Gasteiger partial charge in [-0.25, -0.2) is 8.42 Å². The third-order valence-corrected chi connectivity index (χ3v) is 6.53. The molecule has 0 aromatic carbocycles. The largest absolute Gasteiger partial charge is 0.460 e. The molecule has 0 radical (unpaired) electrons. The number of unbranched alkanes of at least 4 members (excludes halogenated alkanes) is 1. The van der Waals surface area contributed by atoms with E-state index < -0.39 is 74.3 Å². The summed E-state index contributed by atoms with van der Waals surface area (Å²) >= 11 is 3.58. The highest BCUT2D eigenvalue weighted by Crippen LogP contribution is 2.64. The van der Waals surface area contributed by atoms with Crippen molar-refractivity contribution >= 4 is 22.7 Å². The Balaban J connectivity index is 6.80. The van der Waals surface area contributed by atoms with E-state index >= 15 is 0 Å². The smallest absolute Gasteiger partial charge is 0.206 e. The minimum atomic E-state index is -8.83. The van der Waals surface area contributed by atoms with E-state index in [1.165, 1.54) is 0 Å². The van der Waals surface area contributed by atoms with E-state index in [-0.39, 0.29) is 19.2 Å². The molecule has 0 amide bonds. The number of hydrogen-bond acceptors (Lipinski definition) is 3. The van der Waals surface area contributed by atoms with Crippen molar-refractivity contribution in [1.82, 2.24) is 4.31 Å². The molecule has 0 spiro atoms. The maximum absolute atomic E-state index is 13.9. The molecule has 0 saturated heterocycles. The second kappa shape index (κ2) is 9.43. The van der Waals surface area contributed by atoms with Crippen molar-refractivity contribution in [2.24, 2.45) is 0 Å². The van der Waals surface area contributed by atoms with Crippen molar-refractivity contribution in [2.75, 3.05) is 19.3 Å². The monoisotopic (exact) mass is 601 g/mol. The lowest BCUT2D eigenvalue weighted by Gasteiger charge is -2.42. The van der Waals surface area contributed by atoms with Gasteiger partial charge in [0.15, 0.2) is 0 Å². The Morgan fingerprint density at radius 2 is 0.886 bits per heavy atom. The molecule has 0 aromatic rings. The molecule has 0 atom stereocenters. The van der Waals surface area contributed by atoms with Crippen LogP contribution in [0.3, 0.4) is 0 Å². The number of alkyl halides is 17. The van der Waals surface area contributed by atoms with Crippen molar-refractivity contribution in [3.8, 4) is 0 Å².